The first-order chi connectivity index (χ1) is 6.19. The highest BCUT2D eigenvalue weighted by Crippen LogP contribution is 2.27. The summed E-state index contributed by atoms with van der Waals surface area (Å²) in [4.78, 5) is 1.01. The third-order valence-electron chi connectivity index (χ3n) is 1.78. The lowest BCUT2D eigenvalue weighted by atomic mass is 10.1. The Balaban J connectivity index is 2.95. The van der Waals surface area contributed by atoms with Crippen molar-refractivity contribution in [1.29, 1.82) is 0 Å². The lowest BCUT2D eigenvalue weighted by Crippen LogP contribution is -2.11. The number of aliphatic hydroxyl groups is 1. The number of benzene rings is 1. The molecule has 0 saturated carbocycles. The number of aliphatic hydroxyl groups excluding tert-OH is 1. The largest absolute Gasteiger partial charge is 0.387 e. The van der Waals surface area contributed by atoms with Crippen molar-refractivity contribution in [2.45, 2.75) is 11.0 Å². The Labute approximate surface area is 87.1 Å². The summed E-state index contributed by atoms with van der Waals surface area (Å²) in [5, 5.41) is 10.1. The van der Waals surface area contributed by atoms with Gasteiger partial charge in [0.05, 0.1) is 11.1 Å². The number of hydrogen-bond donors (Lipinski definition) is 2. The van der Waals surface area contributed by atoms with Gasteiger partial charge in [-0.1, -0.05) is 17.7 Å². The first kappa shape index (κ1) is 10.9. The Bertz CT molecular complexity index is 293. The van der Waals surface area contributed by atoms with Crippen LogP contribution in [0.2, 0.25) is 5.02 Å². The van der Waals surface area contributed by atoms with E-state index in [2.05, 4.69) is 0 Å². The maximum atomic E-state index is 9.43. The van der Waals surface area contributed by atoms with Gasteiger partial charge in [-0.3, -0.25) is 0 Å². The second-order valence-electron chi connectivity index (χ2n) is 2.65. The average Bonchev–Trinajstić information content (AvgIpc) is 2.16. The molecule has 0 unspecified atom stereocenters. The fourth-order valence-corrected chi connectivity index (χ4v) is 1.90. The fourth-order valence-electron chi connectivity index (χ4n) is 1.03. The van der Waals surface area contributed by atoms with Gasteiger partial charge in [0.25, 0.3) is 0 Å². The van der Waals surface area contributed by atoms with E-state index in [-0.39, 0.29) is 6.54 Å². The van der Waals surface area contributed by atoms with Gasteiger partial charge < -0.3 is 10.8 Å². The first-order valence-electron chi connectivity index (χ1n) is 3.90. The number of rotatable bonds is 3. The second kappa shape index (κ2) is 4.86. The van der Waals surface area contributed by atoms with Crippen LogP contribution in [0.5, 0.6) is 0 Å². The highest BCUT2D eigenvalue weighted by Gasteiger charge is 2.07. The molecule has 0 bridgehead atoms. The van der Waals surface area contributed by atoms with Crippen LogP contribution in [0.15, 0.2) is 23.1 Å². The van der Waals surface area contributed by atoms with Gasteiger partial charge in [0.2, 0.25) is 0 Å². The molecule has 13 heavy (non-hydrogen) atoms. The Morgan fingerprint density at radius 3 is 2.77 bits per heavy atom. The van der Waals surface area contributed by atoms with Gasteiger partial charge in [-0.25, -0.2) is 0 Å². The minimum Gasteiger partial charge on any atom is -0.387 e. The summed E-state index contributed by atoms with van der Waals surface area (Å²) < 4.78 is 0. The van der Waals surface area contributed by atoms with Gasteiger partial charge >= 0.3 is 0 Å². The zero-order chi connectivity index (χ0) is 9.84. The predicted molar refractivity (Wildman–Crippen MR) is 57.2 cm³/mol. The molecular formula is C9H12ClNOS. The smallest absolute Gasteiger partial charge is 0.0912 e. The molecule has 4 heteroatoms. The van der Waals surface area contributed by atoms with E-state index >= 15 is 0 Å². The second-order valence-corrected chi connectivity index (χ2v) is 3.90. The molecule has 0 saturated heterocycles. The molecule has 72 valence electrons. The van der Waals surface area contributed by atoms with Gasteiger partial charge in [-0.05, 0) is 24.0 Å². The van der Waals surface area contributed by atoms with Crippen LogP contribution in [-0.2, 0) is 0 Å². The molecule has 1 aromatic rings. The lowest BCUT2D eigenvalue weighted by molar-refractivity contribution is 0.186. The normalized spacial score (nSPS) is 12.9. The monoisotopic (exact) mass is 217 g/mol. The molecule has 2 nitrogen and oxygen atoms in total. The molecule has 3 N–H and O–H groups in total. The molecule has 0 aliphatic carbocycles. The molecule has 1 aromatic carbocycles. The van der Waals surface area contributed by atoms with Crippen LogP contribution in [-0.4, -0.2) is 17.9 Å². The van der Waals surface area contributed by atoms with E-state index in [9.17, 15) is 5.11 Å². The molecule has 0 heterocycles. The van der Waals surface area contributed by atoms with E-state index in [4.69, 9.17) is 17.3 Å². The standard InChI is InChI=1S/C9H12ClNOS/c1-13-9-3-2-6(4-7(9)10)8(12)5-11/h2-4,8,12H,5,11H2,1H3/t8-/m1/s1. The van der Waals surface area contributed by atoms with Crippen LogP contribution in [0.3, 0.4) is 0 Å². The third kappa shape index (κ3) is 2.61. The number of nitrogens with two attached hydrogens (primary N) is 1. The van der Waals surface area contributed by atoms with Crippen molar-refractivity contribution in [3.8, 4) is 0 Å². The molecule has 1 atom stereocenters. The fraction of sp³-hybridized carbons (Fsp3) is 0.333. The Morgan fingerprint density at radius 1 is 1.62 bits per heavy atom. The summed E-state index contributed by atoms with van der Waals surface area (Å²) in [5.74, 6) is 0. The van der Waals surface area contributed by atoms with Gasteiger partial charge in [0, 0.05) is 11.4 Å². The molecule has 0 amide bonds. The van der Waals surface area contributed by atoms with Crippen LogP contribution < -0.4 is 5.73 Å². The average molecular weight is 218 g/mol. The van der Waals surface area contributed by atoms with Crippen molar-refractivity contribution in [3.63, 3.8) is 0 Å². The van der Waals surface area contributed by atoms with Crippen LogP contribution in [0, 0.1) is 0 Å². The predicted octanol–water partition coefficient (Wildman–Crippen LogP) is 2.05. The molecular weight excluding hydrogens is 206 g/mol. The SMILES string of the molecule is CSc1ccc([C@H](O)CN)cc1Cl. The molecule has 0 fully saturated rings. The number of halogens is 1. The minimum absolute atomic E-state index is 0.217. The first-order valence-corrected chi connectivity index (χ1v) is 5.51. The van der Waals surface area contributed by atoms with E-state index in [0.717, 1.165) is 10.5 Å². The van der Waals surface area contributed by atoms with Crippen molar-refractivity contribution in [1.82, 2.24) is 0 Å². The van der Waals surface area contributed by atoms with E-state index in [1.807, 2.05) is 18.4 Å². The lowest BCUT2D eigenvalue weighted by Gasteiger charge is -2.09. The van der Waals surface area contributed by atoms with Gasteiger partial charge in [-0.15, -0.1) is 11.8 Å². The molecule has 0 aromatic heterocycles. The summed E-state index contributed by atoms with van der Waals surface area (Å²) in [6.45, 7) is 0.217. The van der Waals surface area contributed by atoms with E-state index in [1.54, 1.807) is 17.8 Å². The zero-order valence-corrected chi connectivity index (χ0v) is 8.90. The Hall–Kier alpha value is -0.220. The molecule has 1 rings (SSSR count). The molecule has 0 spiro atoms. The summed E-state index contributed by atoms with van der Waals surface area (Å²) in [6.07, 6.45) is 1.34. The highest BCUT2D eigenvalue weighted by atomic mass is 35.5. The molecule has 0 aliphatic rings. The Morgan fingerprint density at radius 2 is 2.31 bits per heavy atom. The molecule has 0 aliphatic heterocycles. The summed E-state index contributed by atoms with van der Waals surface area (Å²) >= 11 is 7.54. The van der Waals surface area contributed by atoms with Crippen molar-refractivity contribution in [3.05, 3.63) is 28.8 Å². The topological polar surface area (TPSA) is 46.2 Å². The molecule has 0 radical (unpaired) electrons. The zero-order valence-electron chi connectivity index (χ0n) is 7.33. The van der Waals surface area contributed by atoms with Crippen LogP contribution in [0.4, 0.5) is 0 Å². The van der Waals surface area contributed by atoms with E-state index < -0.39 is 6.10 Å². The Kier molecular flexibility index (Phi) is 4.06. The van der Waals surface area contributed by atoms with Crippen LogP contribution >= 0.6 is 23.4 Å². The quantitative estimate of drug-likeness (QED) is 0.762. The highest BCUT2D eigenvalue weighted by molar-refractivity contribution is 7.98. The van der Waals surface area contributed by atoms with E-state index in [1.165, 1.54) is 0 Å². The van der Waals surface area contributed by atoms with Crippen LogP contribution in [0.1, 0.15) is 11.7 Å². The van der Waals surface area contributed by atoms with Crippen molar-refractivity contribution in [2.24, 2.45) is 5.73 Å². The van der Waals surface area contributed by atoms with E-state index in [0.29, 0.717) is 5.02 Å². The van der Waals surface area contributed by atoms with Crippen molar-refractivity contribution < 1.29 is 5.11 Å². The number of hydrogen-bond acceptors (Lipinski definition) is 3. The maximum Gasteiger partial charge on any atom is 0.0912 e. The maximum absolute atomic E-state index is 9.43. The van der Waals surface area contributed by atoms with Gasteiger partial charge in [-0.2, -0.15) is 0 Å². The third-order valence-corrected chi connectivity index (χ3v) is 3.00. The van der Waals surface area contributed by atoms with Gasteiger partial charge in [0.1, 0.15) is 0 Å². The summed E-state index contributed by atoms with van der Waals surface area (Å²) in [6, 6.07) is 5.49. The number of thioether (sulfide) groups is 1. The van der Waals surface area contributed by atoms with Crippen molar-refractivity contribution in [2.75, 3.05) is 12.8 Å². The summed E-state index contributed by atoms with van der Waals surface area (Å²) in [7, 11) is 0. The minimum atomic E-state index is -0.617. The van der Waals surface area contributed by atoms with Crippen LogP contribution in [0.25, 0.3) is 0 Å². The summed E-state index contributed by atoms with van der Waals surface area (Å²) in [5.41, 5.74) is 6.10. The van der Waals surface area contributed by atoms with Gasteiger partial charge in [0.15, 0.2) is 0 Å². The van der Waals surface area contributed by atoms with Crippen molar-refractivity contribution >= 4 is 23.4 Å².